The van der Waals surface area contributed by atoms with Crippen molar-refractivity contribution < 1.29 is 9.47 Å². The maximum atomic E-state index is 5.50. The summed E-state index contributed by atoms with van der Waals surface area (Å²) < 4.78 is 10.9. The molecule has 2 aromatic rings. The van der Waals surface area contributed by atoms with Crippen molar-refractivity contribution in [2.75, 3.05) is 19.5 Å². The third kappa shape index (κ3) is 4.29. The van der Waals surface area contributed by atoms with E-state index in [2.05, 4.69) is 65.3 Å². The first-order valence-corrected chi connectivity index (χ1v) is 9.20. The van der Waals surface area contributed by atoms with Gasteiger partial charge in [0.15, 0.2) is 11.5 Å². The summed E-state index contributed by atoms with van der Waals surface area (Å²) in [4.78, 5) is 0. The number of halogens is 1. The van der Waals surface area contributed by atoms with Gasteiger partial charge in [0.05, 0.1) is 14.2 Å². The van der Waals surface area contributed by atoms with Crippen LogP contribution in [0.3, 0.4) is 0 Å². The first kappa shape index (κ1) is 17.9. The molecule has 0 aliphatic heterocycles. The molecule has 2 rings (SSSR count). The van der Waals surface area contributed by atoms with Gasteiger partial charge in [-0.15, -0.1) is 0 Å². The van der Waals surface area contributed by atoms with E-state index in [1.807, 2.05) is 6.07 Å². The molecular formula is C20H25BrO2. The highest BCUT2D eigenvalue weighted by atomic mass is 79.9. The van der Waals surface area contributed by atoms with E-state index in [1.54, 1.807) is 14.2 Å². The summed E-state index contributed by atoms with van der Waals surface area (Å²) in [6, 6.07) is 17.0. The summed E-state index contributed by atoms with van der Waals surface area (Å²) in [5.74, 6) is 2.44. The molecule has 124 valence electrons. The fourth-order valence-electron chi connectivity index (χ4n) is 3.15. The maximum Gasteiger partial charge on any atom is 0.161 e. The Bertz CT molecular complexity index is 598. The van der Waals surface area contributed by atoms with Crippen LogP contribution in [0.5, 0.6) is 11.5 Å². The van der Waals surface area contributed by atoms with Crippen LogP contribution in [0.4, 0.5) is 0 Å². The van der Waals surface area contributed by atoms with Crippen LogP contribution in [-0.2, 0) is 0 Å². The SMILES string of the molecule is CCCC(CBr)C(c1ccccc1)c1ccc(OC)c(OC)c1. The Hall–Kier alpha value is -1.48. The number of hydrogen-bond acceptors (Lipinski definition) is 2. The van der Waals surface area contributed by atoms with Gasteiger partial charge in [0.2, 0.25) is 0 Å². The second-order valence-electron chi connectivity index (χ2n) is 5.71. The Morgan fingerprint density at radius 2 is 1.61 bits per heavy atom. The summed E-state index contributed by atoms with van der Waals surface area (Å²) >= 11 is 3.72. The van der Waals surface area contributed by atoms with E-state index in [0.717, 1.165) is 16.8 Å². The lowest BCUT2D eigenvalue weighted by molar-refractivity contribution is 0.353. The van der Waals surface area contributed by atoms with Gasteiger partial charge < -0.3 is 9.47 Å². The van der Waals surface area contributed by atoms with Crippen LogP contribution in [0.15, 0.2) is 48.5 Å². The molecule has 3 heteroatoms. The molecule has 0 saturated heterocycles. The summed E-state index contributed by atoms with van der Waals surface area (Å²) in [5, 5.41) is 0.981. The molecule has 2 unspecified atom stereocenters. The van der Waals surface area contributed by atoms with Crippen molar-refractivity contribution in [3.8, 4) is 11.5 Å². The molecular weight excluding hydrogens is 352 g/mol. The Kier molecular flexibility index (Phi) is 6.97. The number of alkyl halides is 1. The van der Waals surface area contributed by atoms with Crippen molar-refractivity contribution in [1.82, 2.24) is 0 Å². The molecule has 0 bridgehead atoms. The second kappa shape index (κ2) is 8.97. The van der Waals surface area contributed by atoms with Gasteiger partial charge in [0, 0.05) is 11.2 Å². The Morgan fingerprint density at radius 1 is 0.913 bits per heavy atom. The van der Waals surface area contributed by atoms with Crippen molar-refractivity contribution >= 4 is 15.9 Å². The predicted octanol–water partition coefficient (Wildman–Crippen LogP) is 5.65. The monoisotopic (exact) mass is 376 g/mol. The van der Waals surface area contributed by atoms with Gasteiger partial charge in [-0.3, -0.25) is 0 Å². The van der Waals surface area contributed by atoms with Crippen LogP contribution in [0.25, 0.3) is 0 Å². The Labute approximate surface area is 148 Å². The number of methoxy groups -OCH3 is 2. The van der Waals surface area contributed by atoms with E-state index < -0.39 is 0 Å². The normalized spacial score (nSPS) is 13.4. The van der Waals surface area contributed by atoms with E-state index in [9.17, 15) is 0 Å². The van der Waals surface area contributed by atoms with Crippen molar-refractivity contribution in [1.29, 1.82) is 0 Å². The molecule has 0 spiro atoms. The van der Waals surface area contributed by atoms with Gasteiger partial charge in [-0.05, 0) is 35.6 Å². The van der Waals surface area contributed by atoms with Crippen molar-refractivity contribution in [3.05, 3.63) is 59.7 Å². The van der Waals surface area contributed by atoms with Gasteiger partial charge in [0.1, 0.15) is 0 Å². The lowest BCUT2D eigenvalue weighted by Crippen LogP contribution is -2.16. The molecule has 0 N–H and O–H groups in total. The molecule has 0 radical (unpaired) electrons. The van der Waals surface area contributed by atoms with Gasteiger partial charge in [0.25, 0.3) is 0 Å². The molecule has 0 amide bonds. The van der Waals surface area contributed by atoms with E-state index in [4.69, 9.17) is 9.47 Å². The van der Waals surface area contributed by atoms with Gasteiger partial charge in [-0.2, -0.15) is 0 Å². The molecule has 0 aromatic heterocycles. The smallest absolute Gasteiger partial charge is 0.161 e. The fourth-order valence-corrected chi connectivity index (χ4v) is 3.84. The number of benzene rings is 2. The minimum Gasteiger partial charge on any atom is -0.493 e. The zero-order chi connectivity index (χ0) is 16.7. The van der Waals surface area contributed by atoms with Crippen molar-refractivity contribution in [2.45, 2.75) is 25.7 Å². The highest BCUT2D eigenvalue weighted by Crippen LogP contribution is 2.39. The minimum atomic E-state index is 0.343. The first-order chi connectivity index (χ1) is 11.2. The largest absolute Gasteiger partial charge is 0.493 e. The molecule has 2 aromatic carbocycles. The van der Waals surface area contributed by atoms with Gasteiger partial charge >= 0.3 is 0 Å². The molecule has 0 aliphatic rings. The molecule has 0 saturated carbocycles. The van der Waals surface area contributed by atoms with E-state index >= 15 is 0 Å². The van der Waals surface area contributed by atoms with E-state index in [0.29, 0.717) is 11.8 Å². The quantitative estimate of drug-likeness (QED) is 0.554. The molecule has 23 heavy (non-hydrogen) atoms. The van der Waals surface area contributed by atoms with Crippen LogP contribution in [-0.4, -0.2) is 19.5 Å². The average Bonchev–Trinajstić information content (AvgIpc) is 2.61. The van der Waals surface area contributed by atoms with Crippen LogP contribution in [0, 0.1) is 5.92 Å². The minimum absolute atomic E-state index is 0.343. The number of rotatable bonds is 8. The zero-order valence-corrected chi connectivity index (χ0v) is 15.7. The van der Waals surface area contributed by atoms with E-state index in [-0.39, 0.29) is 0 Å². The lowest BCUT2D eigenvalue weighted by atomic mass is 9.79. The predicted molar refractivity (Wildman–Crippen MR) is 100 cm³/mol. The second-order valence-corrected chi connectivity index (χ2v) is 6.35. The molecule has 2 nitrogen and oxygen atoms in total. The highest BCUT2D eigenvalue weighted by molar-refractivity contribution is 9.09. The summed E-state index contributed by atoms with van der Waals surface area (Å²) in [7, 11) is 3.36. The third-order valence-electron chi connectivity index (χ3n) is 4.25. The summed E-state index contributed by atoms with van der Waals surface area (Å²) in [5.41, 5.74) is 2.62. The van der Waals surface area contributed by atoms with Crippen LogP contribution >= 0.6 is 15.9 Å². The summed E-state index contributed by atoms with van der Waals surface area (Å²) in [6.07, 6.45) is 2.35. The Morgan fingerprint density at radius 3 is 2.17 bits per heavy atom. The topological polar surface area (TPSA) is 18.5 Å². The van der Waals surface area contributed by atoms with Crippen molar-refractivity contribution in [2.24, 2.45) is 5.92 Å². The Balaban J connectivity index is 2.49. The lowest BCUT2D eigenvalue weighted by Gasteiger charge is -2.27. The molecule has 0 fully saturated rings. The fraction of sp³-hybridized carbons (Fsp3) is 0.400. The molecule has 0 heterocycles. The number of ether oxygens (including phenoxy) is 2. The average molecular weight is 377 g/mol. The van der Waals surface area contributed by atoms with E-state index in [1.165, 1.54) is 24.0 Å². The summed E-state index contributed by atoms with van der Waals surface area (Å²) in [6.45, 7) is 2.24. The highest BCUT2D eigenvalue weighted by Gasteiger charge is 2.24. The van der Waals surface area contributed by atoms with Crippen LogP contribution < -0.4 is 9.47 Å². The van der Waals surface area contributed by atoms with Crippen molar-refractivity contribution in [3.63, 3.8) is 0 Å². The maximum absolute atomic E-state index is 5.50. The van der Waals surface area contributed by atoms with Gasteiger partial charge in [-0.1, -0.05) is 65.7 Å². The van der Waals surface area contributed by atoms with Crippen LogP contribution in [0.2, 0.25) is 0 Å². The molecule has 2 atom stereocenters. The van der Waals surface area contributed by atoms with Crippen LogP contribution in [0.1, 0.15) is 36.8 Å². The molecule has 0 aliphatic carbocycles. The third-order valence-corrected chi connectivity index (χ3v) is 5.09. The first-order valence-electron chi connectivity index (χ1n) is 8.08. The number of hydrogen-bond donors (Lipinski definition) is 0. The zero-order valence-electron chi connectivity index (χ0n) is 14.1. The van der Waals surface area contributed by atoms with Gasteiger partial charge in [-0.25, -0.2) is 0 Å². The standard InChI is InChI=1S/C20H25BrO2/c1-4-8-17(14-21)20(15-9-6-5-7-10-15)16-11-12-18(22-2)19(13-16)23-3/h5-7,9-13,17,20H,4,8,14H2,1-3H3.